The van der Waals surface area contributed by atoms with Crippen LogP contribution >= 0.6 is 22.9 Å². The Kier molecular flexibility index (Phi) is 5.65. The fourth-order valence-electron chi connectivity index (χ4n) is 3.91. The van der Waals surface area contributed by atoms with Gasteiger partial charge in [-0.25, -0.2) is 4.98 Å². The quantitative estimate of drug-likeness (QED) is 0.612. The predicted molar refractivity (Wildman–Crippen MR) is 120 cm³/mol. The zero-order chi connectivity index (χ0) is 20.5. The molecule has 0 bridgehead atoms. The summed E-state index contributed by atoms with van der Waals surface area (Å²) in [6, 6.07) is 10.0. The number of aromatic nitrogens is 2. The molecule has 4 rings (SSSR count). The Balaban J connectivity index is 1.42. The Bertz CT molecular complexity index is 1030. The number of aryl methyl sites for hydroxylation is 2. The molecule has 1 aliphatic heterocycles. The minimum Gasteiger partial charge on any atom is -0.368 e. The summed E-state index contributed by atoms with van der Waals surface area (Å²) >= 11 is 7.76. The fraction of sp³-hybridized carbons (Fsp3) is 0.364. The zero-order valence-corrected chi connectivity index (χ0v) is 18.6. The minimum absolute atomic E-state index is 0.165. The molecule has 3 aromatic rings. The first-order valence-corrected chi connectivity index (χ1v) is 11.1. The van der Waals surface area contributed by atoms with Crippen LogP contribution in [0.25, 0.3) is 11.3 Å². The van der Waals surface area contributed by atoms with Gasteiger partial charge in [-0.2, -0.15) is 0 Å². The number of hydrogen-bond acceptors (Lipinski definition) is 4. The number of hydrogen-bond donors (Lipinski definition) is 0. The van der Waals surface area contributed by atoms with Gasteiger partial charge in [0, 0.05) is 59.2 Å². The second-order valence-electron chi connectivity index (χ2n) is 7.47. The predicted octanol–water partition coefficient (Wildman–Crippen LogP) is 4.54. The third-order valence-corrected chi connectivity index (χ3v) is 6.58. The van der Waals surface area contributed by atoms with Crippen LogP contribution in [0.15, 0.2) is 35.7 Å². The number of anilines is 1. The molecule has 0 aliphatic carbocycles. The van der Waals surface area contributed by atoms with Crippen molar-refractivity contribution < 1.29 is 4.79 Å². The molecule has 1 aliphatic rings. The number of piperazine rings is 1. The Labute approximate surface area is 180 Å². The maximum Gasteiger partial charge on any atom is 0.242 e. The van der Waals surface area contributed by atoms with Crippen LogP contribution < -0.4 is 4.90 Å². The van der Waals surface area contributed by atoms with E-state index in [2.05, 4.69) is 45.8 Å². The van der Waals surface area contributed by atoms with E-state index in [1.165, 1.54) is 0 Å². The highest BCUT2D eigenvalue weighted by Crippen LogP contribution is 2.28. The minimum atomic E-state index is 0.165. The molecule has 7 heteroatoms. The molecule has 2 aromatic heterocycles. The summed E-state index contributed by atoms with van der Waals surface area (Å²) in [7, 11) is 0. The number of rotatable bonds is 4. The summed E-state index contributed by atoms with van der Waals surface area (Å²) in [4.78, 5) is 21.8. The van der Waals surface area contributed by atoms with E-state index in [0.29, 0.717) is 6.54 Å². The van der Waals surface area contributed by atoms with Crippen LogP contribution in [0.1, 0.15) is 16.4 Å². The van der Waals surface area contributed by atoms with E-state index >= 15 is 0 Å². The number of amides is 1. The monoisotopic (exact) mass is 428 g/mol. The fourth-order valence-corrected chi connectivity index (χ4v) is 4.71. The first kappa shape index (κ1) is 20.0. The van der Waals surface area contributed by atoms with E-state index in [1.54, 1.807) is 11.3 Å². The Morgan fingerprint density at radius 2 is 1.90 bits per heavy atom. The van der Waals surface area contributed by atoms with Crippen molar-refractivity contribution in [3.63, 3.8) is 0 Å². The lowest BCUT2D eigenvalue weighted by Gasteiger charge is -2.36. The van der Waals surface area contributed by atoms with Gasteiger partial charge >= 0.3 is 0 Å². The molecule has 29 heavy (non-hydrogen) atoms. The van der Waals surface area contributed by atoms with Gasteiger partial charge in [-0.15, -0.1) is 11.3 Å². The normalized spacial score (nSPS) is 14.5. The zero-order valence-electron chi connectivity index (χ0n) is 17.0. The second-order valence-corrected chi connectivity index (χ2v) is 8.97. The number of carbonyl (C=O) groups excluding carboxylic acids is 1. The van der Waals surface area contributed by atoms with Crippen LogP contribution in [0.5, 0.6) is 0 Å². The molecule has 1 aromatic carbocycles. The number of halogens is 1. The summed E-state index contributed by atoms with van der Waals surface area (Å²) in [5.41, 5.74) is 5.41. The lowest BCUT2D eigenvalue weighted by molar-refractivity contribution is -0.132. The third kappa shape index (κ3) is 4.19. The van der Waals surface area contributed by atoms with Gasteiger partial charge in [0.2, 0.25) is 5.91 Å². The molecule has 152 valence electrons. The first-order chi connectivity index (χ1) is 13.9. The lowest BCUT2D eigenvalue weighted by Crippen LogP contribution is -2.49. The van der Waals surface area contributed by atoms with E-state index < -0.39 is 0 Å². The average molecular weight is 429 g/mol. The summed E-state index contributed by atoms with van der Waals surface area (Å²) in [5, 5.41) is 3.88. The van der Waals surface area contributed by atoms with E-state index in [4.69, 9.17) is 11.6 Å². The van der Waals surface area contributed by atoms with Crippen molar-refractivity contribution >= 4 is 34.5 Å². The Hall–Kier alpha value is -2.31. The summed E-state index contributed by atoms with van der Waals surface area (Å²) in [5.74, 6) is 0.165. The molecule has 1 amide bonds. The number of nitrogens with zero attached hydrogens (tertiary/aromatic N) is 4. The van der Waals surface area contributed by atoms with Crippen molar-refractivity contribution in [3.8, 4) is 11.3 Å². The van der Waals surface area contributed by atoms with E-state index in [0.717, 1.165) is 64.5 Å². The topological polar surface area (TPSA) is 41.4 Å². The number of carbonyl (C=O) groups is 1. The maximum atomic E-state index is 13.0. The van der Waals surface area contributed by atoms with Crippen LogP contribution in [-0.2, 0) is 11.3 Å². The SMILES string of the molecule is Cc1nc(-c2cc(C)n(CC(=O)N3CCN(c4cccc(Cl)c4)CC3)c2C)cs1. The van der Waals surface area contributed by atoms with E-state index in [-0.39, 0.29) is 5.91 Å². The molecule has 1 saturated heterocycles. The highest BCUT2D eigenvalue weighted by molar-refractivity contribution is 7.09. The molecule has 0 saturated carbocycles. The van der Waals surface area contributed by atoms with Gasteiger partial charge in [0.25, 0.3) is 0 Å². The van der Waals surface area contributed by atoms with Crippen molar-refractivity contribution in [2.24, 2.45) is 0 Å². The molecule has 5 nitrogen and oxygen atoms in total. The van der Waals surface area contributed by atoms with Gasteiger partial charge in [-0.05, 0) is 45.0 Å². The van der Waals surface area contributed by atoms with Gasteiger partial charge < -0.3 is 14.4 Å². The van der Waals surface area contributed by atoms with Gasteiger partial charge in [0.1, 0.15) is 6.54 Å². The molecular weight excluding hydrogens is 404 g/mol. The summed E-state index contributed by atoms with van der Waals surface area (Å²) < 4.78 is 2.11. The summed E-state index contributed by atoms with van der Waals surface area (Å²) in [6.07, 6.45) is 0. The van der Waals surface area contributed by atoms with Crippen molar-refractivity contribution in [2.75, 3.05) is 31.1 Å². The first-order valence-electron chi connectivity index (χ1n) is 9.80. The van der Waals surface area contributed by atoms with Gasteiger partial charge in [-0.1, -0.05) is 17.7 Å². The molecule has 3 heterocycles. The van der Waals surface area contributed by atoms with Crippen LogP contribution in [0.4, 0.5) is 5.69 Å². The van der Waals surface area contributed by atoms with Crippen molar-refractivity contribution in [1.29, 1.82) is 0 Å². The van der Waals surface area contributed by atoms with Crippen LogP contribution in [-0.4, -0.2) is 46.5 Å². The van der Waals surface area contributed by atoms with Crippen LogP contribution in [0.3, 0.4) is 0 Å². The van der Waals surface area contributed by atoms with E-state index in [1.807, 2.05) is 30.0 Å². The highest BCUT2D eigenvalue weighted by Gasteiger charge is 2.23. The van der Waals surface area contributed by atoms with Crippen molar-refractivity contribution in [2.45, 2.75) is 27.3 Å². The highest BCUT2D eigenvalue weighted by atomic mass is 35.5. The smallest absolute Gasteiger partial charge is 0.242 e. The standard InChI is InChI=1S/C22H25ClN4OS/c1-15-11-20(21-14-29-17(3)24-21)16(2)27(15)13-22(28)26-9-7-25(8-10-26)19-6-4-5-18(23)12-19/h4-6,11-12,14H,7-10,13H2,1-3H3. The average Bonchev–Trinajstić information content (AvgIpc) is 3.26. The van der Waals surface area contributed by atoms with Crippen molar-refractivity contribution in [1.82, 2.24) is 14.5 Å². The molecule has 0 radical (unpaired) electrons. The lowest BCUT2D eigenvalue weighted by atomic mass is 10.2. The Morgan fingerprint density at radius 1 is 1.14 bits per heavy atom. The molecule has 0 spiro atoms. The van der Waals surface area contributed by atoms with Gasteiger partial charge in [-0.3, -0.25) is 4.79 Å². The van der Waals surface area contributed by atoms with Gasteiger partial charge in [0.05, 0.1) is 10.7 Å². The second kappa shape index (κ2) is 8.20. The van der Waals surface area contributed by atoms with Crippen LogP contribution in [0, 0.1) is 20.8 Å². The largest absolute Gasteiger partial charge is 0.368 e. The maximum absolute atomic E-state index is 13.0. The third-order valence-electron chi connectivity index (χ3n) is 5.57. The number of benzene rings is 1. The molecule has 0 unspecified atom stereocenters. The number of thiazole rings is 1. The molecular formula is C22H25ClN4OS. The molecule has 0 N–H and O–H groups in total. The van der Waals surface area contributed by atoms with Gasteiger partial charge in [0.15, 0.2) is 0 Å². The Morgan fingerprint density at radius 3 is 2.55 bits per heavy atom. The van der Waals surface area contributed by atoms with Crippen LogP contribution in [0.2, 0.25) is 5.02 Å². The molecule has 1 fully saturated rings. The van der Waals surface area contributed by atoms with Crippen molar-refractivity contribution in [3.05, 3.63) is 57.1 Å². The summed E-state index contributed by atoms with van der Waals surface area (Å²) in [6.45, 7) is 9.60. The molecule has 0 atom stereocenters. The van der Waals surface area contributed by atoms with E-state index in [9.17, 15) is 4.79 Å².